The Morgan fingerprint density at radius 3 is 2.84 bits per heavy atom. The number of hydrogen-bond donors (Lipinski definition) is 0. The van der Waals surface area contributed by atoms with Gasteiger partial charge in [0.25, 0.3) is 0 Å². The third-order valence-corrected chi connectivity index (χ3v) is 5.60. The molecule has 4 rings (SSSR count). The number of carbonyl (C=O) groups is 1. The lowest BCUT2D eigenvalue weighted by atomic mass is 10.0. The summed E-state index contributed by atoms with van der Waals surface area (Å²) in [4.78, 5) is 18.2. The number of carbonyl (C=O) groups excluding carboxylic acids is 1. The van der Waals surface area contributed by atoms with Crippen molar-refractivity contribution in [3.63, 3.8) is 0 Å². The molecule has 2 aromatic carbocycles. The van der Waals surface area contributed by atoms with E-state index in [0.717, 1.165) is 28.9 Å². The number of benzene rings is 2. The minimum Gasteiger partial charge on any atom is -0.493 e. The summed E-state index contributed by atoms with van der Waals surface area (Å²) >= 11 is 6.22. The van der Waals surface area contributed by atoms with E-state index in [2.05, 4.69) is 23.9 Å². The summed E-state index contributed by atoms with van der Waals surface area (Å²) in [6.45, 7) is 7.16. The van der Waals surface area contributed by atoms with Gasteiger partial charge in [0.15, 0.2) is 0 Å². The minimum atomic E-state index is -0.302. The van der Waals surface area contributed by atoms with Crippen LogP contribution in [0.15, 0.2) is 49.1 Å². The van der Waals surface area contributed by atoms with Crippen molar-refractivity contribution >= 4 is 23.4 Å². The van der Waals surface area contributed by atoms with E-state index < -0.39 is 0 Å². The molecule has 8 heteroatoms. The minimum absolute atomic E-state index is 0.0360. The van der Waals surface area contributed by atoms with Gasteiger partial charge in [-0.2, -0.15) is 5.10 Å². The normalized spacial score (nSPS) is 16.0. The van der Waals surface area contributed by atoms with Gasteiger partial charge in [-0.05, 0) is 60.7 Å². The molecule has 2 heterocycles. The summed E-state index contributed by atoms with van der Waals surface area (Å²) in [6.07, 6.45) is 4.38. The predicted molar refractivity (Wildman–Crippen MR) is 124 cm³/mol. The van der Waals surface area contributed by atoms with E-state index in [-0.39, 0.29) is 12.1 Å². The van der Waals surface area contributed by atoms with Gasteiger partial charge in [-0.3, -0.25) is 4.90 Å². The van der Waals surface area contributed by atoms with Gasteiger partial charge in [-0.15, -0.1) is 0 Å². The summed E-state index contributed by atoms with van der Waals surface area (Å²) in [7, 11) is 0. The standard InChI is InChI=1S/C24H27ClN4O3/c1-16(2)8-21-13-32-24(30)29(21)20-9-17(3)10-22(12-20)31-7-6-18-11-19(25)4-5-23(18)28-15-26-14-27-28/h4-5,9-12,14-16,21H,6-8,13H2,1-3H3. The molecule has 0 saturated carbocycles. The quantitative estimate of drug-likeness (QED) is 0.466. The number of ether oxygens (including phenoxy) is 2. The van der Waals surface area contributed by atoms with Gasteiger partial charge in [-0.25, -0.2) is 14.5 Å². The number of halogens is 1. The van der Waals surface area contributed by atoms with Gasteiger partial charge in [0.05, 0.1) is 24.0 Å². The topological polar surface area (TPSA) is 69.5 Å². The maximum Gasteiger partial charge on any atom is 0.414 e. The Morgan fingerprint density at radius 2 is 2.09 bits per heavy atom. The second-order valence-corrected chi connectivity index (χ2v) is 8.88. The molecule has 1 aliphatic rings. The average molecular weight is 455 g/mol. The molecule has 1 aromatic heterocycles. The van der Waals surface area contributed by atoms with Crippen molar-refractivity contribution in [2.75, 3.05) is 18.1 Å². The first-order valence-electron chi connectivity index (χ1n) is 10.7. The summed E-state index contributed by atoms with van der Waals surface area (Å²) < 4.78 is 13.1. The highest BCUT2D eigenvalue weighted by atomic mass is 35.5. The Bertz CT molecular complexity index is 1080. The lowest BCUT2D eigenvalue weighted by Gasteiger charge is -2.24. The Labute approximate surface area is 192 Å². The maximum absolute atomic E-state index is 12.4. The zero-order chi connectivity index (χ0) is 22.7. The molecule has 1 atom stereocenters. The first-order valence-corrected chi connectivity index (χ1v) is 11.1. The van der Waals surface area contributed by atoms with Crippen molar-refractivity contribution in [3.8, 4) is 11.4 Å². The van der Waals surface area contributed by atoms with Gasteiger partial charge in [0.2, 0.25) is 0 Å². The van der Waals surface area contributed by atoms with E-state index in [4.69, 9.17) is 21.1 Å². The van der Waals surface area contributed by atoms with Crippen molar-refractivity contribution in [3.05, 3.63) is 65.2 Å². The van der Waals surface area contributed by atoms with Crippen LogP contribution in [0.4, 0.5) is 10.5 Å². The molecule has 1 amide bonds. The fraction of sp³-hybridized carbons (Fsp3) is 0.375. The van der Waals surface area contributed by atoms with E-state index in [1.54, 1.807) is 15.9 Å². The van der Waals surface area contributed by atoms with E-state index in [1.165, 1.54) is 6.33 Å². The number of aryl methyl sites for hydroxylation is 1. The van der Waals surface area contributed by atoms with Crippen LogP contribution >= 0.6 is 11.6 Å². The third-order valence-electron chi connectivity index (χ3n) is 5.37. The Morgan fingerprint density at radius 1 is 1.25 bits per heavy atom. The number of anilines is 1. The van der Waals surface area contributed by atoms with Crippen molar-refractivity contribution in [1.29, 1.82) is 0 Å². The van der Waals surface area contributed by atoms with Gasteiger partial charge < -0.3 is 9.47 Å². The van der Waals surface area contributed by atoms with Gasteiger partial charge >= 0.3 is 6.09 Å². The molecule has 1 saturated heterocycles. The van der Waals surface area contributed by atoms with Crippen LogP contribution in [0, 0.1) is 12.8 Å². The van der Waals surface area contributed by atoms with Crippen LogP contribution in [0.25, 0.3) is 5.69 Å². The number of nitrogens with zero attached hydrogens (tertiary/aromatic N) is 4. The molecule has 3 aromatic rings. The Kier molecular flexibility index (Phi) is 6.65. The molecular formula is C24H27ClN4O3. The number of rotatable bonds is 8. The van der Waals surface area contributed by atoms with Crippen LogP contribution in [0.3, 0.4) is 0 Å². The van der Waals surface area contributed by atoms with Crippen LogP contribution in [0.1, 0.15) is 31.4 Å². The first-order chi connectivity index (χ1) is 15.4. The number of aromatic nitrogens is 3. The highest BCUT2D eigenvalue weighted by Crippen LogP contribution is 2.31. The fourth-order valence-electron chi connectivity index (χ4n) is 4.03. The fourth-order valence-corrected chi connectivity index (χ4v) is 4.23. The molecule has 168 valence electrons. The van der Waals surface area contributed by atoms with Crippen molar-refractivity contribution in [2.45, 2.75) is 39.7 Å². The summed E-state index contributed by atoms with van der Waals surface area (Å²) in [6, 6.07) is 11.6. The van der Waals surface area contributed by atoms with Crippen LogP contribution in [-0.2, 0) is 11.2 Å². The highest BCUT2D eigenvalue weighted by molar-refractivity contribution is 6.30. The van der Waals surface area contributed by atoms with E-state index in [9.17, 15) is 4.79 Å². The molecule has 0 spiro atoms. The molecule has 1 fully saturated rings. The zero-order valence-corrected chi connectivity index (χ0v) is 19.2. The Hall–Kier alpha value is -3.06. The van der Waals surface area contributed by atoms with E-state index in [1.807, 2.05) is 43.3 Å². The van der Waals surface area contributed by atoms with E-state index >= 15 is 0 Å². The molecule has 0 radical (unpaired) electrons. The monoisotopic (exact) mass is 454 g/mol. The van der Waals surface area contributed by atoms with Gasteiger partial charge in [0, 0.05) is 17.5 Å². The lowest BCUT2D eigenvalue weighted by molar-refractivity contribution is 0.178. The summed E-state index contributed by atoms with van der Waals surface area (Å²) in [5.74, 6) is 1.18. The van der Waals surface area contributed by atoms with Crippen LogP contribution < -0.4 is 9.64 Å². The molecular weight excluding hydrogens is 428 g/mol. The number of hydrogen-bond acceptors (Lipinski definition) is 5. The van der Waals surface area contributed by atoms with Gasteiger partial charge in [0.1, 0.15) is 25.0 Å². The molecule has 0 N–H and O–H groups in total. The smallest absolute Gasteiger partial charge is 0.414 e. The van der Waals surface area contributed by atoms with Crippen molar-refractivity contribution < 1.29 is 14.3 Å². The molecule has 0 bridgehead atoms. The summed E-state index contributed by atoms with van der Waals surface area (Å²) in [5, 5.41) is 4.88. The predicted octanol–water partition coefficient (Wildman–Crippen LogP) is 5.22. The average Bonchev–Trinajstić information content (AvgIpc) is 3.37. The number of cyclic esters (lactones) is 1. The second-order valence-electron chi connectivity index (χ2n) is 8.45. The largest absolute Gasteiger partial charge is 0.493 e. The molecule has 1 aliphatic heterocycles. The van der Waals surface area contributed by atoms with Gasteiger partial charge in [-0.1, -0.05) is 25.4 Å². The van der Waals surface area contributed by atoms with Crippen LogP contribution in [0.5, 0.6) is 5.75 Å². The molecule has 7 nitrogen and oxygen atoms in total. The summed E-state index contributed by atoms with van der Waals surface area (Å²) in [5.41, 5.74) is 3.75. The lowest BCUT2D eigenvalue weighted by Crippen LogP contribution is -2.34. The van der Waals surface area contributed by atoms with Crippen molar-refractivity contribution in [2.24, 2.45) is 5.92 Å². The van der Waals surface area contributed by atoms with E-state index in [0.29, 0.717) is 36.3 Å². The van der Waals surface area contributed by atoms with Crippen LogP contribution in [-0.4, -0.2) is 40.1 Å². The molecule has 32 heavy (non-hydrogen) atoms. The van der Waals surface area contributed by atoms with Crippen molar-refractivity contribution in [1.82, 2.24) is 14.8 Å². The van der Waals surface area contributed by atoms with Crippen LogP contribution in [0.2, 0.25) is 5.02 Å². The highest BCUT2D eigenvalue weighted by Gasteiger charge is 2.34. The maximum atomic E-state index is 12.4. The first kappa shape index (κ1) is 22.1. The SMILES string of the molecule is Cc1cc(OCCc2cc(Cl)ccc2-n2cncn2)cc(N2C(=O)OCC2CC(C)C)c1. The number of amides is 1. The molecule has 1 unspecified atom stereocenters. The Balaban J connectivity index is 1.49. The molecule has 0 aliphatic carbocycles. The second kappa shape index (κ2) is 9.61. The zero-order valence-electron chi connectivity index (χ0n) is 18.5. The third kappa shape index (κ3) is 5.05.